The van der Waals surface area contributed by atoms with E-state index >= 15 is 0 Å². The molecule has 0 aliphatic heterocycles. The Balaban J connectivity index is 1.69. The molecule has 0 radical (unpaired) electrons. The molecule has 3 aromatic carbocycles. The van der Waals surface area contributed by atoms with E-state index in [0.717, 1.165) is 0 Å². The maximum absolute atomic E-state index is 2.38. The molecule has 0 saturated heterocycles. The lowest BCUT2D eigenvalue weighted by Crippen LogP contribution is -1.87. The molecule has 114 valence electrons. The fraction of sp³-hybridized carbons (Fsp3) is 0.364. The van der Waals surface area contributed by atoms with Gasteiger partial charge in [-0.15, -0.1) is 0 Å². The van der Waals surface area contributed by atoms with Gasteiger partial charge >= 0.3 is 0 Å². The molecule has 0 nitrogen and oxygen atoms in total. The molecule has 0 heteroatoms. The van der Waals surface area contributed by atoms with E-state index in [0.29, 0.717) is 0 Å². The quantitative estimate of drug-likeness (QED) is 0.328. The SMILES string of the molecule is CCCCCCCCc1ccc2c(ccc3ccccc32)c1. The van der Waals surface area contributed by atoms with Crippen molar-refractivity contribution in [2.24, 2.45) is 0 Å². The van der Waals surface area contributed by atoms with E-state index < -0.39 is 0 Å². The first-order valence-corrected chi connectivity index (χ1v) is 8.79. The third-order valence-corrected chi connectivity index (χ3v) is 4.63. The van der Waals surface area contributed by atoms with Crippen molar-refractivity contribution in [3.8, 4) is 0 Å². The second kappa shape index (κ2) is 7.45. The third-order valence-electron chi connectivity index (χ3n) is 4.63. The van der Waals surface area contributed by atoms with Gasteiger partial charge in [-0.2, -0.15) is 0 Å². The molecule has 0 heterocycles. The molecule has 22 heavy (non-hydrogen) atoms. The van der Waals surface area contributed by atoms with Crippen LogP contribution in [0.3, 0.4) is 0 Å². The Labute approximate surface area is 134 Å². The second-order valence-corrected chi connectivity index (χ2v) is 6.36. The standard InChI is InChI=1S/C22H26/c1-2-3-4-5-6-7-10-18-13-16-22-20(17-18)15-14-19-11-8-9-12-21(19)22/h8-9,11-17H,2-7,10H2,1H3. The highest BCUT2D eigenvalue weighted by Crippen LogP contribution is 2.26. The van der Waals surface area contributed by atoms with E-state index in [1.54, 1.807) is 0 Å². The van der Waals surface area contributed by atoms with Crippen LogP contribution in [0.2, 0.25) is 0 Å². The fourth-order valence-corrected chi connectivity index (χ4v) is 3.33. The van der Waals surface area contributed by atoms with Crippen LogP contribution in [0.1, 0.15) is 51.0 Å². The predicted octanol–water partition coefficient (Wildman–Crippen LogP) is 6.90. The van der Waals surface area contributed by atoms with Crippen LogP contribution < -0.4 is 0 Å². The highest BCUT2D eigenvalue weighted by molar-refractivity contribution is 6.07. The summed E-state index contributed by atoms with van der Waals surface area (Å²) in [6.45, 7) is 2.28. The topological polar surface area (TPSA) is 0 Å². The molecule has 0 saturated carbocycles. The maximum atomic E-state index is 2.38. The van der Waals surface area contributed by atoms with Gasteiger partial charge in [0.05, 0.1) is 0 Å². The van der Waals surface area contributed by atoms with Crippen LogP contribution in [0.15, 0.2) is 54.6 Å². The van der Waals surface area contributed by atoms with Crippen LogP contribution in [-0.4, -0.2) is 0 Å². The van der Waals surface area contributed by atoms with Gasteiger partial charge in [0, 0.05) is 0 Å². The van der Waals surface area contributed by atoms with Crippen molar-refractivity contribution >= 4 is 21.5 Å². The summed E-state index contributed by atoms with van der Waals surface area (Å²) >= 11 is 0. The number of hydrogen-bond acceptors (Lipinski definition) is 0. The molecule has 0 spiro atoms. The predicted molar refractivity (Wildman–Crippen MR) is 98.5 cm³/mol. The zero-order chi connectivity index (χ0) is 15.2. The summed E-state index contributed by atoms with van der Waals surface area (Å²) in [6.07, 6.45) is 9.43. The first kappa shape index (κ1) is 15.1. The Bertz CT molecular complexity index is 739. The smallest absolute Gasteiger partial charge is 0.0105 e. The number of unbranched alkanes of at least 4 members (excludes halogenated alkanes) is 5. The fourth-order valence-electron chi connectivity index (χ4n) is 3.33. The van der Waals surface area contributed by atoms with Gasteiger partial charge < -0.3 is 0 Å². The Morgan fingerprint density at radius 2 is 1.36 bits per heavy atom. The number of rotatable bonds is 7. The summed E-state index contributed by atoms with van der Waals surface area (Å²) in [5.74, 6) is 0. The van der Waals surface area contributed by atoms with Crippen LogP contribution in [0.25, 0.3) is 21.5 Å². The zero-order valence-corrected chi connectivity index (χ0v) is 13.6. The minimum atomic E-state index is 1.22. The molecular weight excluding hydrogens is 264 g/mol. The lowest BCUT2D eigenvalue weighted by Gasteiger charge is -2.07. The van der Waals surface area contributed by atoms with E-state index in [1.165, 1.54) is 72.1 Å². The molecule has 3 aromatic rings. The highest BCUT2D eigenvalue weighted by Gasteiger charge is 2.01. The van der Waals surface area contributed by atoms with Crippen molar-refractivity contribution in [2.75, 3.05) is 0 Å². The van der Waals surface area contributed by atoms with E-state index in [9.17, 15) is 0 Å². The van der Waals surface area contributed by atoms with Gasteiger partial charge in [0.25, 0.3) is 0 Å². The van der Waals surface area contributed by atoms with Crippen molar-refractivity contribution in [1.82, 2.24) is 0 Å². The van der Waals surface area contributed by atoms with Crippen LogP contribution >= 0.6 is 0 Å². The Hall–Kier alpha value is -1.82. The van der Waals surface area contributed by atoms with Gasteiger partial charge in [-0.1, -0.05) is 93.6 Å². The van der Waals surface area contributed by atoms with E-state index in [2.05, 4.69) is 61.5 Å². The molecule has 0 atom stereocenters. The molecule has 0 fully saturated rings. The molecule has 0 bridgehead atoms. The largest absolute Gasteiger partial charge is 0.0654 e. The zero-order valence-electron chi connectivity index (χ0n) is 13.6. The van der Waals surface area contributed by atoms with Crippen molar-refractivity contribution in [3.05, 3.63) is 60.2 Å². The monoisotopic (exact) mass is 290 g/mol. The Kier molecular flexibility index (Phi) is 5.11. The third kappa shape index (κ3) is 3.50. The normalized spacial score (nSPS) is 11.3. The van der Waals surface area contributed by atoms with E-state index in [1.807, 2.05) is 0 Å². The van der Waals surface area contributed by atoms with Crippen LogP contribution in [-0.2, 0) is 6.42 Å². The number of benzene rings is 3. The van der Waals surface area contributed by atoms with Gasteiger partial charge in [-0.25, -0.2) is 0 Å². The molecule has 0 unspecified atom stereocenters. The minimum absolute atomic E-state index is 1.22. The number of hydrogen-bond donors (Lipinski definition) is 0. The number of fused-ring (bicyclic) bond motifs is 3. The van der Waals surface area contributed by atoms with Gasteiger partial charge in [-0.05, 0) is 39.9 Å². The van der Waals surface area contributed by atoms with Gasteiger partial charge in [0.2, 0.25) is 0 Å². The summed E-state index contributed by atoms with van der Waals surface area (Å²) < 4.78 is 0. The lowest BCUT2D eigenvalue weighted by atomic mass is 9.98. The van der Waals surface area contributed by atoms with Crippen LogP contribution in [0.5, 0.6) is 0 Å². The molecule has 0 N–H and O–H groups in total. The average Bonchev–Trinajstić information content (AvgIpc) is 2.57. The Morgan fingerprint density at radius 3 is 2.27 bits per heavy atom. The molecular formula is C22H26. The van der Waals surface area contributed by atoms with Gasteiger partial charge in [0.1, 0.15) is 0 Å². The van der Waals surface area contributed by atoms with Crippen molar-refractivity contribution in [3.63, 3.8) is 0 Å². The van der Waals surface area contributed by atoms with Crippen molar-refractivity contribution in [1.29, 1.82) is 0 Å². The molecule has 0 aromatic heterocycles. The first-order valence-electron chi connectivity index (χ1n) is 8.79. The molecule has 3 rings (SSSR count). The van der Waals surface area contributed by atoms with E-state index in [4.69, 9.17) is 0 Å². The summed E-state index contributed by atoms with van der Waals surface area (Å²) in [5, 5.41) is 5.46. The van der Waals surface area contributed by atoms with Gasteiger partial charge in [0.15, 0.2) is 0 Å². The molecule has 0 amide bonds. The lowest BCUT2D eigenvalue weighted by molar-refractivity contribution is 0.607. The summed E-state index contributed by atoms with van der Waals surface area (Å²) in [6, 6.07) is 20.2. The Morgan fingerprint density at radius 1 is 0.636 bits per heavy atom. The van der Waals surface area contributed by atoms with Crippen LogP contribution in [0.4, 0.5) is 0 Å². The molecule has 0 aliphatic carbocycles. The second-order valence-electron chi connectivity index (χ2n) is 6.36. The van der Waals surface area contributed by atoms with Crippen LogP contribution in [0, 0.1) is 0 Å². The number of aryl methyl sites for hydroxylation is 1. The minimum Gasteiger partial charge on any atom is -0.0654 e. The first-order chi connectivity index (χ1) is 10.9. The van der Waals surface area contributed by atoms with Crippen molar-refractivity contribution < 1.29 is 0 Å². The summed E-state index contributed by atoms with van der Waals surface area (Å²) in [4.78, 5) is 0. The summed E-state index contributed by atoms with van der Waals surface area (Å²) in [7, 11) is 0. The average molecular weight is 290 g/mol. The summed E-state index contributed by atoms with van der Waals surface area (Å²) in [5.41, 5.74) is 1.48. The highest BCUT2D eigenvalue weighted by atomic mass is 14.1. The molecule has 0 aliphatic rings. The van der Waals surface area contributed by atoms with Crippen molar-refractivity contribution in [2.45, 2.75) is 51.9 Å². The maximum Gasteiger partial charge on any atom is -0.0105 e. The van der Waals surface area contributed by atoms with E-state index in [-0.39, 0.29) is 0 Å². The van der Waals surface area contributed by atoms with Gasteiger partial charge in [-0.3, -0.25) is 0 Å².